The van der Waals surface area contributed by atoms with Crippen molar-refractivity contribution in [3.05, 3.63) is 23.4 Å². The molecule has 0 aliphatic rings. The SMILES string of the molecule is C/C=C(CC)\C(=C/C)NC=O. The zero-order valence-electron chi connectivity index (χ0n) is 7.35. The van der Waals surface area contributed by atoms with Gasteiger partial charge in [0, 0.05) is 5.70 Å². The van der Waals surface area contributed by atoms with E-state index in [0.717, 1.165) is 12.1 Å². The first-order valence-electron chi connectivity index (χ1n) is 3.82. The Morgan fingerprint density at radius 1 is 1.36 bits per heavy atom. The van der Waals surface area contributed by atoms with Gasteiger partial charge < -0.3 is 5.32 Å². The number of hydrogen-bond acceptors (Lipinski definition) is 1. The summed E-state index contributed by atoms with van der Waals surface area (Å²) in [6, 6.07) is 0. The molecule has 0 unspecified atom stereocenters. The van der Waals surface area contributed by atoms with Gasteiger partial charge in [0.1, 0.15) is 0 Å². The number of rotatable bonds is 4. The molecule has 0 aliphatic heterocycles. The Kier molecular flexibility index (Phi) is 5.17. The van der Waals surface area contributed by atoms with Crippen LogP contribution in [-0.2, 0) is 4.79 Å². The normalized spacial score (nSPS) is 13.0. The lowest BCUT2D eigenvalue weighted by molar-refractivity contribution is -0.108. The fourth-order valence-corrected chi connectivity index (χ4v) is 0.975. The van der Waals surface area contributed by atoms with E-state index < -0.39 is 0 Å². The van der Waals surface area contributed by atoms with Crippen LogP contribution in [0.1, 0.15) is 27.2 Å². The Labute approximate surface area is 68.0 Å². The third-order valence-corrected chi connectivity index (χ3v) is 1.58. The van der Waals surface area contributed by atoms with Crippen molar-refractivity contribution in [3.8, 4) is 0 Å². The molecule has 1 N–H and O–H groups in total. The van der Waals surface area contributed by atoms with E-state index in [0.29, 0.717) is 6.41 Å². The van der Waals surface area contributed by atoms with Crippen molar-refractivity contribution in [1.82, 2.24) is 5.32 Å². The van der Waals surface area contributed by atoms with Crippen molar-refractivity contribution in [2.75, 3.05) is 0 Å². The number of carbonyl (C=O) groups excluding carboxylic acids is 1. The van der Waals surface area contributed by atoms with E-state index >= 15 is 0 Å². The maximum Gasteiger partial charge on any atom is 0.211 e. The van der Waals surface area contributed by atoms with Gasteiger partial charge in [0.15, 0.2) is 0 Å². The molecule has 2 heteroatoms. The predicted molar refractivity (Wildman–Crippen MR) is 47.0 cm³/mol. The molecule has 0 aromatic carbocycles. The van der Waals surface area contributed by atoms with E-state index in [1.807, 2.05) is 26.0 Å². The van der Waals surface area contributed by atoms with E-state index in [4.69, 9.17) is 0 Å². The van der Waals surface area contributed by atoms with Crippen molar-refractivity contribution in [2.45, 2.75) is 27.2 Å². The van der Waals surface area contributed by atoms with Crippen LogP contribution in [0, 0.1) is 0 Å². The van der Waals surface area contributed by atoms with Gasteiger partial charge in [-0.15, -0.1) is 0 Å². The molecular formula is C9H15NO. The molecule has 0 rings (SSSR count). The molecule has 0 bridgehead atoms. The highest BCUT2D eigenvalue weighted by atomic mass is 16.1. The Morgan fingerprint density at radius 2 is 2.00 bits per heavy atom. The molecule has 0 spiro atoms. The van der Waals surface area contributed by atoms with E-state index in [1.54, 1.807) is 0 Å². The lowest BCUT2D eigenvalue weighted by atomic mass is 10.1. The molecule has 1 amide bonds. The van der Waals surface area contributed by atoms with Crippen molar-refractivity contribution >= 4 is 6.41 Å². The number of carbonyl (C=O) groups is 1. The minimum atomic E-state index is 0.703. The van der Waals surface area contributed by atoms with Crippen molar-refractivity contribution in [1.29, 1.82) is 0 Å². The summed E-state index contributed by atoms with van der Waals surface area (Å²) in [6.07, 6.45) is 5.55. The number of hydrogen-bond donors (Lipinski definition) is 1. The lowest BCUT2D eigenvalue weighted by Crippen LogP contribution is -2.11. The summed E-state index contributed by atoms with van der Waals surface area (Å²) in [5.41, 5.74) is 2.07. The van der Waals surface area contributed by atoms with Crippen molar-refractivity contribution < 1.29 is 4.79 Å². The van der Waals surface area contributed by atoms with Gasteiger partial charge >= 0.3 is 0 Å². The van der Waals surface area contributed by atoms with Crippen LogP contribution in [0.25, 0.3) is 0 Å². The van der Waals surface area contributed by atoms with Crippen LogP contribution in [0.3, 0.4) is 0 Å². The largest absolute Gasteiger partial charge is 0.329 e. The second kappa shape index (κ2) is 5.71. The highest BCUT2D eigenvalue weighted by Gasteiger charge is 1.97. The van der Waals surface area contributed by atoms with Gasteiger partial charge in [0.25, 0.3) is 0 Å². The van der Waals surface area contributed by atoms with E-state index in [1.165, 1.54) is 5.57 Å². The van der Waals surface area contributed by atoms with Crippen molar-refractivity contribution in [3.63, 3.8) is 0 Å². The Balaban J connectivity index is 4.36. The zero-order chi connectivity index (χ0) is 8.69. The van der Waals surface area contributed by atoms with Gasteiger partial charge in [-0.2, -0.15) is 0 Å². The molecule has 0 heterocycles. The first kappa shape index (κ1) is 9.95. The average Bonchev–Trinajstić information content (AvgIpc) is 2.05. The molecule has 0 fully saturated rings. The van der Waals surface area contributed by atoms with Gasteiger partial charge in [0.2, 0.25) is 6.41 Å². The summed E-state index contributed by atoms with van der Waals surface area (Å²) < 4.78 is 0. The summed E-state index contributed by atoms with van der Waals surface area (Å²) in [5, 5.41) is 2.65. The maximum absolute atomic E-state index is 10.1. The van der Waals surface area contributed by atoms with Crippen LogP contribution in [0.4, 0.5) is 0 Å². The summed E-state index contributed by atoms with van der Waals surface area (Å²) in [7, 11) is 0. The molecule has 0 aromatic rings. The third kappa shape index (κ3) is 3.03. The molecule has 11 heavy (non-hydrogen) atoms. The number of nitrogens with one attached hydrogen (secondary N) is 1. The van der Waals surface area contributed by atoms with Gasteiger partial charge in [0.05, 0.1) is 0 Å². The fourth-order valence-electron chi connectivity index (χ4n) is 0.975. The maximum atomic E-state index is 10.1. The second-order valence-corrected chi connectivity index (χ2v) is 2.13. The fraction of sp³-hybridized carbons (Fsp3) is 0.444. The molecule has 0 atom stereocenters. The number of allylic oxidation sites excluding steroid dienone is 3. The molecule has 0 saturated carbocycles. The summed E-state index contributed by atoms with van der Waals surface area (Å²) in [5.74, 6) is 0. The second-order valence-electron chi connectivity index (χ2n) is 2.13. The van der Waals surface area contributed by atoms with E-state index in [9.17, 15) is 4.79 Å². The van der Waals surface area contributed by atoms with Crippen LogP contribution in [0.5, 0.6) is 0 Å². The van der Waals surface area contributed by atoms with E-state index in [-0.39, 0.29) is 0 Å². The van der Waals surface area contributed by atoms with Crippen LogP contribution >= 0.6 is 0 Å². The first-order chi connectivity index (χ1) is 5.29. The lowest BCUT2D eigenvalue weighted by Gasteiger charge is -2.06. The molecule has 0 radical (unpaired) electrons. The molecule has 62 valence electrons. The summed E-state index contributed by atoms with van der Waals surface area (Å²) >= 11 is 0. The molecule has 0 aliphatic carbocycles. The van der Waals surface area contributed by atoms with Crippen LogP contribution < -0.4 is 5.32 Å². The number of amides is 1. The first-order valence-corrected chi connectivity index (χ1v) is 3.82. The van der Waals surface area contributed by atoms with Crippen LogP contribution in [0.15, 0.2) is 23.4 Å². The minimum absolute atomic E-state index is 0.703. The van der Waals surface area contributed by atoms with Gasteiger partial charge in [-0.05, 0) is 25.8 Å². The molecular weight excluding hydrogens is 138 g/mol. The summed E-state index contributed by atoms with van der Waals surface area (Å²) in [4.78, 5) is 10.1. The molecule has 0 saturated heterocycles. The smallest absolute Gasteiger partial charge is 0.211 e. The average molecular weight is 153 g/mol. The predicted octanol–water partition coefficient (Wildman–Crippen LogP) is 1.99. The topological polar surface area (TPSA) is 29.1 Å². The summed E-state index contributed by atoms with van der Waals surface area (Å²) in [6.45, 7) is 5.94. The third-order valence-electron chi connectivity index (χ3n) is 1.58. The van der Waals surface area contributed by atoms with Gasteiger partial charge in [-0.1, -0.05) is 19.1 Å². The molecule has 0 aromatic heterocycles. The Hall–Kier alpha value is -1.05. The standard InChI is InChI=1S/C9H15NO/c1-4-8(5-2)9(6-3)10-7-11/h4,6-7H,5H2,1-3H3,(H,10,11)/b8-4-,9-6+. The van der Waals surface area contributed by atoms with Gasteiger partial charge in [-0.25, -0.2) is 0 Å². The Morgan fingerprint density at radius 3 is 2.27 bits per heavy atom. The van der Waals surface area contributed by atoms with E-state index in [2.05, 4.69) is 12.2 Å². The van der Waals surface area contributed by atoms with Crippen molar-refractivity contribution in [2.24, 2.45) is 0 Å². The van der Waals surface area contributed by atoms with Crippen LogP contribution in [0.2, 0.25) is 0 Å². The minimum Gasteiger partial charge on any atom is -0.329 e. The highest BCUT2D eigenvalue weighted by Crippen LogP contribution is 2.09. The van der Waals surface area contributed by atoms with Gasteiger partial charge in [-0.3, -0.25) is 4.79 Å². The molecule has 2 nitrogen and oxygen atoms in total. The van der Waals surface area contributed by atoms with Crippen LogP contribution in [-0.4, -0.2) is 6.41 Å². The Bertz CT molecular complexity index is 180. The monoisotopic (exact) mass is 153 g/mol. The zero-order valence-corrected chi connectivity index (χ0v) is 7.35. The quantitative estimate of drug-likeness (QED) is 0.485. The highest BCUT2D eigenvalue weighted by molar-refractivity contribution is 5.53.